The van der Waals surface area contributed by atoms with Gasteiger partial charge >= 0.3 is 0 Å². The van der Waals surface area contributed by atoms with E-state index in [1.54, 1.807) is 0 Å². The molecule has 0 radical (unpaired) electrons. The topological polar surface area (TPSA) is 0 Å². The van der Waals surface area contributed by atoms with Crippen molar-refractivity contribution in [1.29, 1.82) is 0 Å². The molecule has 20 heavy (non-hydrogen) atoms. The van der Waals surface area contributed by atoms with E-state index in [2.05, 4.69) is 73.1 Å². The smallest absolute Gasteiger partial charge is 0.0438 e. The Morgan fingerprint density at radius 3 is 2.20 bits per heavy atom. The molecule has 0 heterocycles. The molecule has 0 amide bonds. The van der Waals surface area contributed by atoms with Crippen LogP contribution in [0.5, 0.6) is 0 Å². The van der Waals surface area contributed by atoms with Crippen LogP contribution < -0.4 is 0 Å². The van der Waals surface area contributed by atoms with Crippen LogP contribution in [0.3, 0.4) is 0 Å². The first-order valence-electron chi connectivity index (χ1n) is 6.86. The molecular weight excluding hydrogens is 332 g/mol. The fourth-order valence-electron chi connectivity index (χ4n) is 2.39. The number of hydrogen-bond donors (Lipinski definition) is 0. The summed E-state index contributed by atoms with van der Waals surface area (Å²) in [4.78, 5) is 0.319. The van der Waals surface area contributed by atoms with E-state index in [-0.39, 0.29) is 5.41 Å². The van der Waals surface area contributed by atoms with Crippen LogP contribution in [0, 0.1) is 0 Å². The fourth-order valence-corrected chi connectivity index (χ4v) is 3.29. The summed E-state index contributed by atoms with van der Waals surface area (Å²) >= 11 is 9.79. The highest BCUT2D eigenvalue weighted by Gasteiger charge is 2.21. The van der Waals surface area contributed by atoms with Crippen molar-refractivity contribution in [2.45, 2.75) is 37.4 Å². The molecule has 0 N–H and O–H groups in total. The van der Waals surface area contributed by atoms with Crippen molar-refractivity contribution in [3.05, 3.63) is 70.2 Å². The lowest BCUT2D eigenvalue weighted by Crippen LogP contribution is -2.15. The zero-order chi connectivity index (χ0) is 14.8. The molecular formula is C18H20BrCl. The van der Waals surface area contributed by atoms with Crippen molar-refractivity contribution in [2.75, 3.05) is 0 Å². The number of benzene rings is 2. The number of halogens is 2. The molecule has 0 aliphatic rings. The number of alkyl halides is 1. The predicted octanol–water partition coefficient (Wildman–Crippen LogP) is 6.32. The molecule has 0 aliphatic heterocycles. The average Bonchev–Trinajstić information content (AvgIpc) is 2.40. The van der Waals surface area contributed by atoms with Gasteiger partial charge in [-0.15, -0.1) is 0 Å². The molecule has 0 fully saturated rings. The van der Waals surface area contributed by atoms with E-state index in [0.29, 0.717) is 4.83 Å². The highest BCUT2D eigenvalue weighted by molar-refractivity contribution is 9.09. The Morgan fingerprint density at radius 1 is 1.00 bits per heavy atom. The summed E-state index contributed by atoms with van der Waals surface area (Å²) in [5, 5.41) is 0.787. The Balaban J connectivity index is 2.25. The summed E-state index contributed by atoms with van der Waals surface area (Å²) in [6.07, 6.45) is 0.963. The molecule has 2 aromatic rings. The summed E-state index contributed by atoms with van der Waals surface area (Å²) < 4.78 is 0. The largest absolute Gasteiger partial charge is 0.0843 e. The van der Waals surface area contributed by atoms with Gasteiger partial charge in [-0.25, -0.2) is 0 Å². The summed E-state index contributed by atoms with van der Waals surface area (Å²) in [6.45, 7) is 6.77. The van der Waals surface area contributed by atoms with Gasteiger partial charge in [-0.2, -0.15) is 0 Å². The van der Waals surface area contributed by atoms with Crippen molar-refractivity contribution < 1.29 is 0 Å². The van der Waals surface area contributed by atoms with Crippen LogP contribution in [0.4, 0.5) is 0 Å². The van der Waals surface area contributed by atoms with Gasteiger partial charge in [-0.1, -0.05) is 84.7 Å². The van der Waals surface area contributed by atoms with Crippen LogP contribution in [-0.4, -0.2) is 0 Å². The van der Waals surface area contributed by atoms with Gasteiger partial charge in [0.1, 0.15) is 0 Å². The van der Waals surface area contributed by atoms with Crippen LogP contribution in [0.2, 0.25) is 5.02 Å². The van der Waals surface area contributed by atoms with Gasteiger partial charge in [0.2, 0.25) is 0 Å². The maximum Gasteiger partial charge on any atom is 0.0438 e. The van der Waals surface area contributed by atoms with Gasteiger partial charge < -0.3 is 0 Å². The molecule has 0 saturated heterocycles. The molecule has 0 saturated carbocycles. The van der Waals surface area contributed by atoms with Gasteiger partial charge in [0.15, 0.2) is 0 Å². The number of rotatable bonds is 3. The maximum atomic E-state index is 5.94. The third-order valence-electron chi connectivity index (χ3n) is 3.43. The van der Waals surface area contributed by atoms with Crippen LogP contribution in [0.1, 0.15) is 42.3 Å². The zero-order valence-corrected chi connectivity index (χ0v) is 14.5. The monoisotopic (exact) mass is 350 g/mol. The lowest BCUT2D eigenvalue weighted by molar-refractivity contribution is 0.581. The first-order chi connectivity index (χ1) is 9.38. The zero-order valence-electron chi connectivity index (χ0n) is 12.2. The van der Waals surface area contributed by atoms with E-state index in [1.165, 1.54) is 16.7 Å². The minimum absolute atomic E-state index is 0.155. The molecule has 0 aromatic heterocycles. The molecule has 2 rings (SSSR count). The van der Waals surface area contributed by atoms with Crippen molar-refractivity contribution in [3.8, 4) is 0 Å². The standard InChI is InChI=1S/C18H20BrCl/c1-18(2,3)16-7-5-4-6-15(16)17(19)12-13-8-10-14(20)11-9-13/h4-11,17H,12H2,1-3H3. The van der Waals surface area contributed by atoms with E-state index in [9.17, 15) is 0 Å². The fraction of sp³-hybridized carbons (Fsp3) is 0.333. The van der Waals surface area contributed by atoms with Crippen molar-refractivity contribution in [1.82, 2.24) is 0 Å². The summed E-state index contributed by atoms with van der Waals surface area (Å²) in [5.74, 6) is 0. The molecule has 0 aliphatic carbocycles. The highest BCUT2D eigenvalue weighted by atomic mass is 79.9. The van der Waals surface area contributed by atoms with Gasteiger partial charge in [-0.3, -0.25) is 0 Å². The van der Waals surface area contributed by atoms with Gasteiger partial charge in [0, 0.05) is 9.85 Å². The Kier molecular flexibility index (Phi) is 4.93. The average molecular weight is 352 g/mol. The minimum Gasteiger partial charge on any atom is -0.0843 e. The predicted molar refractivity (Wildman–Crippen MR) is 92.0 cm³/mol. The molecule has 1 atom stereocenters. The molecule has 2 aromatic carbocycles. The van der Waals surface area contributed by atoms with E-state index >= 15 is 0 Å². The van der Waals surface area contributed by atoms with E-state index in [4.69, 9.17) is 11.6 Å². The highest BCUT2D eigenvalue weighted by Crippen LogP contribution is 2.35. The van der Waals surface area contributed by atoms with E-state index < -0.39 is 0 Å². The summed E-state index contributed by atoms with van der Waals surface area (Å²) in [6, 6.07) is 16.8. The third-order valence-corrected chi connectivity index (χ3v) is 4.50. The molecule has 106 valence electrons. The lowest BCUT2D eigenvalue weighted by Gasteiger charge is -2.25. The van der Waals surface area contributed by atoms with Gasteiger partial charge in [0.25, 0.3) is 0 Å². The van der Waals surface area contributed by atoms with E-state index in [1.807, 2.05) is 12.1 Å². The normalized spacial score (nSPS) is 13.2. The van der Waals surface area contributed by atoms with Gasteiger partial charge in [0.05, 0.1) is 0 Å². The second kappa shape index (κ2) is 6.32. The Morgan fingerprint density at radius 2 is 1.60 bits per heavy atom. The Bertz CT molecular complexity index is 567. The van der Waals surface area contributed by atoms with Crippen LogP contribution in [0.25, 0.3) is 0 Å². The molecule has 0 spiro atoms. The van der Waals surface area contributed by atoms with Crippen LogP contribution in [-0.2, 0) is 11.8 Å². The second-order valence-electron chi connectivity index (χ2n) is 6.14. The third kappa shape index (κ3) is 3.86. The van der Waals surface area contributed by atoms with Gasteiger partial charge in [-0.05, 0) is 40.7 Å². The molecule has 1 unspecified atom stereocenters. The van der Waals surface area contributed by atoms with Crippen molar-refractivity contribution in [3.63, 3.8) is 0 Å². The molecule has 0 bridgehead atoms. The Hall–Kier alpha value is -0.790. The van der Waals surface area contributed by atoms with Crippen molar-refractivity contribution in [2.24, 2.45) is 0 Å². The minimum atomic E-state index is 0.155. The first-order valence-corrected chi connectivity index (χ1v) is 8.15. The lowest BCUT2D eigenvalue weighted by atomic mass is 9.82. The second-order valence-corrected chi connectivity index (χ2v) is 7.68. The van der Waals surface area contributed by atoms with Crippen molar-refractivity contribution >= 4 is 27.5 Å². The SMILES string of the molecule is CC(C)(C)c1ccccc1C(Br)Cc1ccc(Cl)cc1. The van der Waals surface area contributed by atoms with Crippen LogP contribution in [0.15, 0.2) is 48.5 Å². The number of hydrogen-bond acceptors (Lipinski definition) is 0. The first kappa shape index (κ1) is 15.6. The summed E-state index contributed by atoms with van der Waals surface area (Å²) in [5.41, 5.74) is 4.22. The van der Waals surface area contributed by atoms with E-state index in [0.717, 1.165) is 11.4 Å². The summed E-state index contributed by atoms with van der Waals surface area (Å²) in [7, 11) is 0. The quantitative estimate of drug-likeness (QED) is 0.568. The maximum absolute atomic E-state index is 5.94. The van der Waals surface area contributed by atoms with Crippen LogP contribution >= 0.6 is 27.5 Å². The Labute approximate surface area is 135 Å². The molecule has 0 nitrogen and oxygen atoms in total. The molecule has 2 heteroatoms.